The summed E-state index contributed by atoms with van der Waals surface area (Å²) in [5.41, 5.74) is 13.0. The van der Waals surface area contributed by atoms with E-state index in [0.717, 1.165) is 0 Å². The first kappa shape index (κ1) is 28.6. The third-order valence-electron chi connectivity index (χ3n) is 5.69. The average molecular weight is 570 g/mol. The van der Waals surface area contributed by atoms with Crippen LogP contribution in [0.5, 0.6) is 0 Å². The summed E-state index contributed by atoms with van der Waals surface area (Å²) in [6.45, 7) is -0.665. The first-order valence-corrected chi connectivity index (χ1v) is 13.1. The van der Waals surface area contributed by atoms with Gasteiger partial charge in [-0.1, -0.05) is 0 Å². The van der Waals surface area contributed by atoms with Crippen molar-refractivity contribution in [1.29, 1.82) is 0 Å². The number of imidazole rings is 2. The third-order valence-corrected chi connectivity index (χ3v) is 6.18. The molecule has 0 unspecified atom stereocenters. The van der Waals surface area contributed by atoms with E-state index in [1.165, 1.54) is 29.9 Å². The molecule has 5 atom stereocenters. The lowest BCUT2D eigenvalue weighted by molar-refractivity contribution is -0.0511. The summed E-state index contributed by atoms with van der Waals surface area (Å²) in [6.07, 6.45) is -0.258. The summed E-state index contributed by atoms with van der Waals surface area (Å²) in [4.78, 5) is 41.2. The van der Waals surface area contributed by atoms with Crippen LogP contribution in [0.2, 0.25) is 0 Å². The number of anilines is 2. The molecular weight excluding hydrogens is 543 g/mol. The number of nitrogens with zero attached hydrogens (tertiary/aromatic N) is 8. The molecule has 5 rings (SSSR count). The molecule has 0 saturated carbocycles. The summed E-state index contributed by atoms with van der Waals surface area (Å²) < 4.78 is 24.1. The summed E-state index contributed by atoms with van der Waals surface area (Å²) >= 11 is 0. The van der Waals surface area contributed by atoms with E-state index in [4.69, 9.17) is 35.8 Å². The average Bonchev–Trinajstić information content (AvgIpc) is 3.59. The third kappa shape index (κ3) is 6.27. The quantitative estimate of drug-likeness (QED) is 0.0975. The van der Waals surface area contributed by atoms with E-state index in [2.05, 4.69) is 29.9 Å². The van der Waals surface area contributed by atoms with Gasteiger partial charge in [-0.25, -0.2) is 29.9 Å². The monoisotopic (exact) mass is 570 g/mol. The van der Waals surface area contributed by atoms with Gasteiger partial charge in [-0.3, -0.25) is 9.13 Å². The maximum atomic E-state index is 10.7. The van der Waals surface area contributed by atoms with Crippen LogP contribution in [0.25, 0.3) is 22.3 Å². The van der Waals surface area contributed by atoms with Gasteiger partial charge in [0.05, 0.1) is 38.5 Å². The Balaban J connectivity index is 0.000000181. The number of aliphatic hydroxyl groups excluding tert-OH is 4. The van der Waals surface area contributed by atoms with E-state index in [1.54, 1.807) is 4.57 Å². The van der Waals surface area contributed by atoms with E-state index in [-0.39, 0.29) is 18.2 Å². The van der Waals surface area contributed by atoms with Crippen molar-refractivity contribution in [2.45, 2.75) is 37.2 Å². The minimum atomic E-state index is -4.28. The van der Waals surface area contributed by atoms with Gasteiger partial charge in [0.15, 0.2) is 29.2 Å². The first-order valence-electron chi connectivity index (χ1n) is 11.3. The van der Waals surface area contributed by atoms with Gasteiger partial charge in [0.25, 0.3) is 0 Å². The molecule has 0 amide bonds. The van der Waals surface area contributed by atoms with Gasteiger partial charge in [0.2, 0.25) is 0 Å². The molecule has 4 aromatic heterocycles. The second-order valence-electron chi connectivity index (χ2n) is 8.40. The number of nitrogen functional groups attached to an aromatic ring is 2. The molecule has 20 heteroatoms. The standard InChI is InChI=1S/C10H13N5O4.C9H14N5O5P/c11-8-5-9(13-2-12-8)15(3-14-5)10-7(18)6(17)4(1-16)19-10;10-8-7-9(12-3-11-8)14(4-13-7)1-6(2-15)19-5-20(16,17)18/h2-4,6-7,10,16-18H,1H2,(H2,11,12,13);3-4,6,15H,1-2,5H2,(H2,10,11,12)(H2,16,17,18)/t4-,6-,7-,10-;6-/m10/s1. The number of aromatic nitrogens is 8. The SMILES string of the molecule is Nc1ncnc2c1ncn2C[C@@H](CO)OCP(=O)(O)O.Nc1ncnc2c1ncn2[C@@H]1O[C@H](CO)[C@@H](O)[C@H]1O. The van der Waals surface area contributed by atoms with Crippen molar-refractivity contribution in [3.05, 3.63) is 25.3 Å². The Morgan fingerprint density at radius 1 is 0.949 bits per heavy atom. The van der Waals surface area contributed by atoms with Crippen molar-refractivity contribution in [1.82, 2.24) is 39.0 Å². The van der Waals surface area contributed by atoms with Crippen LogP contribution >= 0.6 is 7.60 Å². The Kier molecular flexibility index (Phi) is 8.64. The predicted molar refractivity (Wildman–Crippen MR) is 131 cm³/mol. The molecule has 1 saturated heterocycles. The predicted octanol–water partition coefficient (Wildman–Crippen LogP) is -3.06. The van der Waals surface area contributed by atoms with Crippen molar-refractivity contribution in [3.8, 4) is 0 Å². The van der Waals surface area contributed by atoms with Gasteiger partial charge >= 0.3 is 7.60 Å². The number of hydrogen-bond donors (Lipinski definition) is 8. The summed E-state index contributed by atoms with van der Waals surface area (Å²) in [5, 5.41) is 37.9. The molecule has 0 bridgehead atoms. The maximum Gasteiger partial charge on any atom is 0.350 e. The van der Waals surface area contributed by atoms with Crippen LogP contribution in [0.1, 0.15) is 6.23 Å². The summed E-state index contributed by atoms with van der Waals surface area (Å²) in [5.74, 6) is 0.445. The van der Waals surface area contributed by atoms with Gasteiger partial charge in [0, 0.05) is 0 Å². The Morgan fingerprint density at radius 3 is 2.15 bits per heavy atom. The smallest absolute Gasteiger partial charge is 0.350 e. The van der Waals surface area contributed by atoms with Crippen molar-refractivity contribution >= 4 is 41.6 Å². The van der Waals surface area contributed by atoms with E-state index in [0.29, 0.717) is 22.3 Å². The van der Waals surface area contributed by atoms with Crippen LogP contribution in [0, 0.1) is 0 Å². The molecule has 0 radical (unpaired) electrons. The lowest BCUT2D eigenvalue weighted by atomic mass is 10.1. The van der Waals surface area contributed by atoms with Crippen LogP contribution < -0.4 is 11.5 Å². The minimum absolute atomic E-state index is 0.128. The lowest BCUT2D eigenvalue weighted by Gasteiger charge is -2.16. The topological polar surface area (TPSA) is 296 Å². The van der Waals surface area contributed by atoms with E-state index in [9.17, 15) is 19.9 Å². The van der Waals surface area contributed by atoms with Crippen LogP contribution in [0.3, 0.4) is 0 Å². The Bertz CT molecular complexity index is 1460. The number of aliphatic hydroxyl groups is 4. The molecule has 19 nitrogen and oxygen atoms in total. The van der Waals surface area contributed by atoms with Crippen molar-refractivity contribution in [2.24, 2.45) is 0 Å². The van der Waals surface area contributed by atoms with Crippen LogP contribution in [0.15, 0.2) is 25.3 Å². The molecule has 212 valence electrons. The van der Waals surface area contributed by atoms with Gasteiger partial charge in [0.1, 0.15) is 48.3 Å². The second kappa shape index (κ2) is 11.8. The number of fused-ring (bicyclic) bond motifs is 2. The number of rotatable bonds is 8. The second-order valence-corrected chi connectivity index (χ2v) is 9.99. The zero-order chi connectivity index (χ0) is 28.3. The maximum absolute atomic E-state index is 10.7. The molecule has 1 aliphatic rings. The number of nitrogens with two attached hydrogens (primary N) is 2. The molecule has 4 aromatic rings. The van der Waals surface area contributed by atoms with E-state index < -0.39 is 57.8 Å². The Morgan fingerprint density at radius 2 is 1.56 bits per heavy atom. The molecule has 0 aliphatic carbocycles. The van der Waals surface area contributed by atoms with Crippen molar-refractivity contribution < 1.29 is 44.3 Å². The molecule has 10 N–H and O–H groups in total. The number of hydrogen-bond acceptors (Lipinski definition) is 15. The zero-order valence-electron chi connectivity index (χ0n) is 20.1. The van der Waals surface area contributed by atoms with E-state index >= 15 is 0 Å². The van der Waals surface area contributed by atoms with E-state index in [1.807, 2.05) is 0 Å². The molecule has 5 heterocycles. The highest BCUT2D eigenvalue weighted by Gasteiger charge is 2.44. The van der Waals surface area contributed by atoms with Crippen molar-refractivity contribution in [3.63, 3.8) is 0 Å². The fourth-order valence-electron chi connectivity index (χ4n) is 3.78. The van der Waals surface area contributed by atoms with Crippen LogP contribution in [-0.2, 0) is 20.6 Å². The Labute approximate surface area is 218 Å². The molecule has 1 aliphatic heterocycles. The van der Waals surface area contributed by atoms with Gasteiger partial charge in [-0.15, -0.1) is 0 Å². The van der Waals surface area contributed by atoms with Crippen LogP contribution in [-0.4, -0.2) is 113 Å². The normalized spacial score (nSPS) is 22.2. The van der Waals surface area contributed by atoms with Gasteiger partial charge in [-0.05, 0) is 0 Å². The van der Waals surface area contributed by atoms with Gasteiger partial charge < -0.3 is 55.7 Å². The van der Waals surface area contributed by atoms with Crippen LogP contribution in [0.4, 0.5) is 11.6 Å². The molecule has 1 fully saturated rings. The fourth-order valence-corrected chi connectivity index (χ4v) is 4.19. The molecule has 0 spiro atoms. The Hall–Kier alpha value is -3.39. The fraction of sp³-hybridized carbons (Fsp3) is 0.474. The minimum Gasteiger partial charge on any atom is -0.394 e. The molecule has 39 heavy (non-hydrogen) atoms. The largest absolute Gasteiger partial charge is 0.394 e. The highest BCUT2D eigenvalue weighted by molar-refractivity contribution is 7.51. The van der Waals surface area contributed by atoms with Gasteiger partial charge in [-0.2, -0.15) is 0 Å². The molecular formula is C19H27N10O9P. The first-order chi connectivity index (χ1) is 18.5. The molecule has 0 aromatic carbocycles. The lowest BCUT2D eigenvalue weighted by Crippen LogP contribution is -2.33. The number of ether oxygens (including phenoxy) is 2. The van der Waals surface area contributed by atoms with Crippen molar-refractivity contribution in [2.75, 3.05) is 31.0 Å². The summed E-state index contributed by atoms with van der Waals surface area (Å²) in [6, 6.07) is 0. The highest BCUT2D eigenvalue weighted by Crippen LogP contribution is 2.34. The highest BCUT2D eigenvalue weighted by atomic mass is 31.2. The summed E-state index contributed by atoms with van der Waals surface area (Å²) in [7, 11) is -4.28. The zero-order valence-corrected chi connectivity index (χ0v) is 21.0.